The number of nitrogens with zero attached hydrogens (tertiary/aromatic N) is 1. The van der Waals surface area contributed by atoms with Crippen LogP contribution in [0.2, 0.25) is 0 Å². The highest BCUT2D eigenvalue weighted by atomic mass is 19.4. The van der Waals surface area contributed by atoms with Gasteiger partial charge in [-0.1, -0.05) is 0 Å². The zero-order valence-corrected chi connectivity index (χ0v) is 8.44. The third-order valence-corrected chi connectivity index (χ3v) is 1.77. The Labute approximate surface area is 85.7 Å². The van der Waals surface area contributed by atoms with Crippen molar-refractivity contribution in [3.8, 4) is 0 Å². The highest BCUT2D eigenvalue weighted by molar-refractivity contribution is 5.49. The van der Waals surface area contributed by atoms with E-state index in [-0.39, 0.29) is 11.6 Å². The van der Waals surface area contributed by atoms with E-state index in [2.05, 4.69) is 15.6 Å². The van der Waals surface area contributed by atoms with Crippen molar-refractivity contribution in [1.29, 1.82) is 0 Å². The molecule has 6 heteroatoms. The Kier molecular flexibility index (Phi) is 3.39. The molecular formula is C9H12F3N3. The van der Waals surface area contributed by atoms with Crippen LogP contribution in [-0.4, -0.2) is 18.6 Å². The van der Waals surface area contributed by atoms with Crippen molar-refractivity contribution in [3.05, 3.63) is 17.7 Å². The molecule has 0 aliphatic carbocycles. The van der Waals surface area contributed by atoms with E-state index in [4.69, 9.17) is 0 Å². The summed E-state index contributed by atoms with van der Waals surface area (Å²) in [5, 5.41) is 5.33. The van der Waals surface area contributed by atoms with Crippen LogP contribution in [0.5, 0.6) is 0 Å². The zero-order chi connectivity index (χ0) is 11.5. The van der Waals surface area contributed by atoms with Gasteiger partial charge in [0.1, 0.15) is 11.6 Å². The van der Waals surface area contributed by atoms with Gasteiger partial charge in [-0.25, -0.2) is 4.98 Å². The molecule has 1 rings (SSSR count). The van der Waals surface area contributed by atoms with Gasteiger partial charge in [0.15, 0.2) is 0 Å². The SMILES string of the molecule is CCNc1cc(C(F)(F)F)cc(NC)n1. The lowest BCUT2D eigenvalue weighted by atomic mass is 10.2. The van der Waals surface area contributed by atoms with Crippen LogP contribution >= 0.6 is 0 Å². The monoisotopic (exact) mass is 219 g/mol. The van der Waals surface area contributed by atoms with Crippen LogP contribution in [0.15, 0.2) is 12.1 Å². The zero-order valence-electron chi connectivity index (χ0n) is 8.44. The smallest absolute Gasteiger partial charge is 0.373 e. The van der Waals surface area contributed by atoms with Crippen LogP contribution in [0.4, 0.5) is 24.8 Å². The number of pyridine rings is 1. The van der Waals surface area contributed by atoms with Crippen molar-refractivity contribution in [3.63, 3.8) is 0 Å². The molecule has 15 heavy (non-hydrogen) atoms. The Bertz CT molecular complexity index is 336. The van der Waals surface area contributed by atoms with Gasteiger partial charge in [0, 0.05) is 13.6 Å². The largest absolute Gasteiger partial charge is 0.416 e. The number of halogens is 3. The Balaban J connectivity index is 3.11. The molecule has 0 amide bonds. The van der Waals surface area contributed by atoms with Crippen LogP contribution in [0.1, 0.15) is 12.5 Å². The van der Waals surface area contributed by atoms with Gasteiger partial charge in [0.05, 0.1) is 5.56 Å². The fourth-order valence-electron chi connectivity index (χ4n) is 1.09. The lowest BCUT2D eigenvalue weighted by Crippen LogP contribution is -2.09. The summed E-state index contributed by atoms with van der Waals surface area (Å²) in [7, 11) is 1.53. The number of alkyl halides is 3. The lowest BCUT2D eigenvalue weighted by molar-refractivity contribution is -0.137. The molecule has 1 aromatic rings. The predicted octanol–water partition coefficient (Wildman–Crippen LogP) is 2.57. The predicted molar refractivity (Wildman–Crippen MR) is 52.9 cm³/mol. The molecule has 0 bridgehead atoms. The third kappa shape index (κ3) is 3.00. The Morgan fingerprint density at radius 2 is 1.87 bits per heavy atom. The average Bonchev–Trinajstić information content (AvgIpc) is 2.16. The Hall–Kier alpha value is -1.46. The minimum atomic E-state index is -4.35. The van der Waals surface area contributed by atoms with E-state index in [0.717, 1.165) is 12.1 Å². The van der Waals surface area contributed by atoms with Crippen LogP contribution in [-0.2, 0) is 6.18 Å². The number of hydrogen-bond donors (Lipinski definition) is 2. The minimum absolute atomic E-state index is 0.195. The molecule has 84 valence electrons. The summed E-state index contributed by atoms with van der Waals surface area (Å²) in [6.45, 7) is 2.32. The lowest BCUT2D eigenvalue weighted by Gasteiger charge is -2.11. The van der Waals surface area contributed by atoms with Crippen molar-refractivity contribution in [2.24, 2.45) is 0 Å². The second-order valence-electron chi connectivity index (χ2n) is 2.90. The molecule has 2 N–H and O–H groups in total. The van der Waals surface area contributed by atoms with Crippen LogP contribution in [0.3, 0.4) is 0 Å². The molecule has 0 saturated heterocycles. The van der Waals surface area contributed by atoms with Gasteiger partial charge in [-0.2, -0.15) is 13.2 Å². The van der Waals surface area contributed by atoms with E-state index >= 15 is 0 Å². The van der Waals surface area contributed by atoms with E-state index in [1.807, 2.05) is 0 Å². The number of hydrogen-bond acceptors (Lipinski definition) is 3. The molecule has 0 fully saturated rings. The standard InChI is InChI=1S/C9H12F3N3/c1-3-14-8-5-6(9(10,11)12)4-7(13-2)15-8/h4-5H,3H2,1-2H3,(H2,13,14,15). The molecule has 0 atom stereocenters. The summed E-state index contributed by atoms with van der Waals surface area (Å²) in [5.74, 6) is 0.414. The van der Waals surface area contributed by atoms with E-state index in [1.54, 1.807) is 6.92 Å². The van der Waals surface area contributed by atoms with Crippen LogP contribution < -0.4 is 10.6 Å². The molecule has 1 aromatic heterocycles. The summed E-state index contributed by atoms with van der Waals surface area (Å²) < 4.78 is 37.3. The normalized spacial score (nSPS) is 11.3. The number of anilines is 2. The summed E-state index contributed by atoms with van der Waals surface area (Å²) >= 11 is 0. The summed E-state index contributed by atoms with van der Waals surface area (Å²) in [6.07, 6.45) is -4.35. The molecule has 0 unspecified atom stereocenters. The number of nitrogens with one attached hydrogen (secondary N) is 2. The first-order valence-corrected chi connectivity index (χ1v) is 4.48. The molecule has 0 spiro atoms. The second-order valence-corrected chi connectivity index (χ2v) is 2.90. The van der Waals surface area contributed by atoms with Crippen molar-refractivity contribution in [2.45, 2.75) is 13.1 Å². The van der Waals surface area contributed by atoms with Gasteiger partial charge in [-0.3, -0.25) is 0 Å². The molecule has 0 aromatic carbocycles. The van der Waals surface area contributed by atoms with E-state index in [1.165, 1.54) is 7.05 Å². The molecule has 0 radical (unpaired) electrons. The average molecular weight is 219 g/mol. The van der Waals surface area contributed by atoms with Crippen molar-refractivity contribution >= 4 is 11.6 Å². The van der Waals surface area contributed by atoms with Gasteiger partial charge in [-0.15, -0.1) is 0 Å². The summed E-state index contributed by atoms with van der Waals surface area (Å²) in [5.41, 5.74) is -0.710. The summed E-state index contributed by atoms with van der Waals surface area (Å²) in [4.78, 5) is 3.93. The van der Waals surface area contributed by atoms with Gasteiger partial charge in [0.25, 0.3) is 0 Å². The van der Waals surface area contributed by atoms with Gasteiger partial charge in [-0.05, 0) is 19.1 Å². The topological polar surface area (TPSA) is 37.0 Å². The van der Waals surface area contributed by atoms with Gasteiger partial charge in [0.2, 0.25) is 0 Å². The minimum Gasteiger partial charge on any atom is -0.373 e. The van der Waals surface area contributed by atoms with Gasteiger partial charge >= 0.3 is 6.18 Å². The Morgan fingerprint density at radius 1 is 1.27 bits per heavy atom. The third-order valence-electron chi connectivity index (χ3n) is 1.77. The fraction of sp³-hybridized carbons (Fsp3) is 0.444. The Morgan fingerprint density at radius 3 is 2.33 bits per heavy atom. The van der Waals surface area contributed by atoms with Crippen molar-refractivity contribution in [1.82, 2.24) is 4.98 Å². The maximum atomic E-state index is 12.4. The first kappa shape index (κ1) is 11.6. The van der Waals surface area contributed by atoms with Crippen molar-refractivity contribution in [2.75, 3.05) is 24.2 Å². The second kappa shape index (κ2) is 4.37. The van der Waals surface area contributed by atoms with Gasteiger partial charge < -0.3 is 10.6 Å². The molecular weight excluding hydrogens is 207 g/mol. The summed E-state index contributed by atoms with van der Waals surface area (Å²) in [6, 6.07) is 1.96. The first-order valence-electron chi connectivity index (χ1n) is 4.48. The maximum absolute atomic E-state index is 12.4. The molecule has 0 saturated carbocycles. The highest BCUT2D eigenvalue weighted by Gasteiger charge is 2.31. The quantitative estimate of drug-likeness (QED) is 0.820. The first-order chi connectivity index (χ1) is 6.97. The molecule has 0 aliphatic rings. The maximum Gasteiger partial charge on any atom is 0.416 e. The number of aromatic nitrogens is 1. The molecule has 1 heterocycles. The van der Waals surface area contributed by atoms with E-state index in [9.17, 15) is 13.2 Å². The molecule has 3 nitrogen and oxygen atoms in total. The van der Waals surface area contributed by atoms with E-state index < -0.39 is 11.7 Å². The molecule has 0 aliphatic heterocycles. The van der Waals surface area contributed by atoms with Crippen molar-refractivity contribution < 1.29 is 13.2 Å². The number of rotatable bonds is 3. The van der Waals surface area contributed by atoms with Crippen LogP contribution in [0.25, 0.3) is 0 Å². The van der Waals surface area contributed by atoms with E-state index in [0.29, 0.717) is 6.54 Å². The highest BCUT2D eigenvalue weighted by Crippen LogP contribution is 2.31. The fourth-order valence-corrected chi connectivity index (χ4v) is 1.09. The van der Waals surface area contributed by atoms with Crippen LogP contribution in [0, 0.1) is 0 Å².